The fraction of sp³-hybridized carbons (Fsp3) is 0.372. The van der Waals surface area contributed by atoms with E-state index in [9.17, 15) is 27.6 Å². The lowest BCUT2D eigenvalue weighted by Gasteiger charge is -2.38. The fourth-order valence-corrected chi connectivity index (χ4v) is 7.83. The summed E-state index contributed by atoms with van der Waals surface area (Å²) in [4.78, 5) is 48.7. The molecule has 2 aliphatic heterocycles. The smallest absolute Gasteiger partial charge is 0.449 e. The number of nitrogens with zero attached hydrogens (tertiary/aromatic N) is 4. The summed E-state index contributed by atoms with van der Waals surface area (Å²) in [5.74, 6) is -1.37. The van der Waals surface area contributed by atoms with Crippen LogP contribution in [0.4, 0.5) is 17.6 Å². The van der Waals surface area contributed by atoms with Gasteiger partial charge < -0.3 is 14.5 Å². The van der Waals surface area contributed by atoms with Crippen LogP contribution in [0.15, 0.2) is 105 Å². The van der Waals surface area contributed by atoms with Gasteiger partial charge in [-0.1, -0.05) is 72.8 Å². The average molecular weight is 804 g/mol. The molecule has 3 aromatic carbocycles. The first-order valence-electron chi connectivity index (χ1n) is 19.3. The number of benzene rings is 3. The molecule has 2 aliphatic rings. The maximum absolute atomic E-state index is 15.3. The largest absolute Gasteiger partial charge is 0.455 e. The first-order chi connectivity index (χ1) is 28.0. The highest BCUT2D eigenvalue weighted by molar-refractivity contribution is 5.45. The number of hydrogen-bond acceptors (Lipinski definition) is 8. The van der Waals surface area contributed by atoms with Crippen molar-refractivity contribution in [3.05, 3.63) is 163 Å². The number of hydroxylamine groups is 2. The highest BCUT2D eigenvalue weighted by Crippen LogP contribution is 2.43. The Bertz CT molecular complexity index is 2280. The number of piperidine rings is 1. The summed E-state index contributed by atoms with van der Waals surface area (Å²) in [5, 5.41) is 4.71. The Balaban J connectivity index is 1.16. The van der Waals surface area contributed by atoms with Crippen LogP contribution in [0, 0.1) is 12.7 Å². The van der Waals surface area contributed by atoms with Gasteiger partial charge in [-0.2, -0.15) is 13.2 Å². The number of hydrogen-bond donors (Lipinski definition) is 1. The molecule has 0 radical (unpaired) electrons. The number of furan rings is 1. The van der Waals surface area contributed by atoms with E-state index in [2.05, 4.69) is 5.32 Å². The van der Waals surface area contributed by atoms with Gasteiger partial charge in [0.15, 0.2) is 0 Å². The van der Waals surface area contributed by atoms with Gasteiger partial charge in [-0.3, -0.25) is 28.5 Å². The Labute approximate surface area is 332 Å². The molecule has 1 spiro atoms. The second-order valence-corrected chi connectivity index (χ2v) is 14.7. The summed E-state index contributed by atoms with van der Waals surface area (Å²) in [5.41, 5.74) is 1.25. The molecular formula is C43H45F4N5O6. The van der Waals surface area contributed by atoms with Crippen LogP contribution in [0.3, 0.4) is 0 Å². The maximum Gasteiger partial charge on any atom is 0.449 e. The van der Waals surface area contributed by atoms with Crippen LogP contribution in [0.2, 0.25) is 0 Å². The predicted molar refractivity (Wildman–Crippen MR) is 206 cm³/mol. The van der Waals surface area contributed by atoms with Crippen LogP contribution < -0.4 is 16.6 Å². The van der Waals surface area contributed by atoms with Crippen molar-refractivity contribution in [2.24, 2.45) is 0 Å². The molecule has 11 nitrogen and oxygen atoms in total. The quantitative estimate of drug-likeness (QED) is 0.0525. The Kier molecular flexibility index (Phi) is 12.4. The summed E-state index contributed by atoms with van der Waals surface area (Å²) in [6.07, 6.45) is -2.80. The number of likely N-dealkylation sites (tertiary alicyclic amines) is 1. The molecule has 1 N–H and O–H groups in total. The molecule has 1 fully saturated rings. The van der Waals surface area contributed by atoms with Gasteiger partial charge in [-0.15, -0.1) is 0 Å². The lowest BCUT2D eigenvalue weighted by Crippen LogP contribution is -2.50. The first-order valence-corrected chi connectivity index (χ1v) is 19.3. The summed E-state index contributed by atoms with van der Waals surface area (Å²) in [7, 11) is 0. The van der Waals surface area contributed by atoms with Crippen molar-refractivity contribution < 1.29 is 36.3 Å². The van der Waals surface area contributed by atoms with Gasteiger partial charge in [0.05, 0.1) is 43.5 Å². The number of carbonyl (C=O) groups is 1. The molecule has 4 heterocycles. The number of nitrogens with one attached hydrogen (secondary N) is 1. The number of aryl methyl sites for hydroxylation is 1. The molecule has 15 heteroatoms. The molecule has 0 aliphatic carbocycles. The molecule has 0 unspecified atom stereocenters. The maximum atomic E-state index is 15.3. The van der Waals surface area contributed by atoms with E-state index in [1.807, 2.05) is 65.6 Å². The molecule has 5 aromatic rings. The third kappa shape index (κ3) is 9.02. The molecule has 7 rings (SSSR count). The summed E-state index contributed by atoms with van der Waals surface area (Å²) < 4.78 is 69.0. The van der Waals surface area contributed by atoms with Gasteiger partial charge in [0, 0.05) is 25.2 Å². The number of carbonyl (C=O) groups excluding carboxylic acids is 1. The average Bonchev–Trinajstić information content (AvgIpc) is 3.85. The molecule has 1 saturated heterocycles. The van der Waals surface area contributed by atoms with E-state index in [0.29, 0.717) is 74.2 Å². The van der Waals surface area contributed by atoms with E-state index in [1.54, 1.807) is 19.1 Å². The van der Waals surface area contributed by atoms with Gasteiger partial charge in [-0.25, -0.2) is 14.2 Å². The second kappa shape index (κ2) is 17.6. The van der Waals surface area contributed by atoms with Gasteiger partial charge >= 0.3 is 11.9 Å². The highest BCUT2D eigenvalue weighted by atomic mass is 19.4. The lowest BCUT2D eigenvalue weighted by atomic mass is 9.85. The minimum atomic E-state index is -4.59. The van der Waals surface area contributed by atoms with Crippen molar-refractivity contribution in [2.75, 3.05) is 26.2 Å². The normalized spacial score (nSPS) is 15.7. The number of halogens is 4. The monoisotopic (exact) mass is 803 g/mol. The fourth-order valence-electron chi connectivity index (χ4n) is 7.83. The molecule has 1 amide bonds. The second-order valence-electron chi connectivity index (χ2n) is 14.7. The van der Waals surface area contributed by atoms with Crippen molar-refractivity contribution in [1.82, 2.24) is 24.4 Å². The first kappa shape index (κ1) is 40.8. The summed E-state index contributed by atoms with van der Waals surface area (Å²) >= 11 is 0. The summed E-state index contributed by atoms with van der Waals surface area (Å²) in [6, 6.07) is 25.3. The number of rotatable bonds is 16. The standard InChI is InChI=1S/C43H45F4N5O6/c1-30-10-8-15-35(44)34(30)25-51-37-28-56-42(18-22-49(23-19-42)24-33-16-17-38(58-33)43(45,46)47)39(37)40(54)52(41(51)55)26-36(32-13-6-3-7-14-32)48-20-9-21-50(29-53)57-27-31-11-4-2-5-12-31/h2-8,10-17,29,36,48H,9,18-28H2,1H3/t36-/m0/s1. The van der Waals surface area contributed by atoms with E-state index in [0.717, 1.165) is 17.2 Å². The minimum Gasteiger partial charge on any atom is -0.455 e. The zero-order valence-corrected chi connectivity index (χ0v) is 32.1. The van der Waals surface area contributed by atoms with E-state index in [-0.39, 0.29) is 38.6 Å². The SMILES string of the molecule is Cc1cccc(F)c1Cn1c2c(c(=O)n(C[C@H](NCCCN(C=O)OCc3ccccc3)c3ccccc3)c1=O)C1(CCN(Cc3ccc(C(F)(F)F)o3)CC1)OC2. The zero-order valence-electron chi connectivity index (χ0n) is 32.1. The third-order valence-corrected chi connectivity index (χ3v) is 11.0. The van der Waals surface area contributed by atoms with Crippen molar-refractivity contribution in [3.63, 3.8) is 0 Å². The van der Waals surface area contributed by atoms with Crippen LogP contribution in [-0.4, -0.2) is 51.7 Å². The molecule has 0 saturated carbocycles. The van der Waals surface area contributed by atoms with E-state index < -0.39 is 40.6 Å². The number of alkyl halides is 3. The van der Waals surface area contributed by atoms with Crippen LogP contribution >= 0.6 is 0 Å². The number of fused-ring (bicyclic) bond motifs is 2. The van der Waals surface area contributed by atoms with E-state index in [4.69, 9.17) is 14.0 Å². The van der Waals surface area contributed by atoms with Crippen LogP contribution in [0.1, 0.15) is 70.3 Å². The van der Waals surface area contributed by atoms with Gasteiger partial charge in [-0.05, 0) is 67.6 Å². The molecule has 2 aromatic heterocycles. The third-order valence-electron chi connectivity index (χ3n) is 11.0. The number of aromatic nitrogens is 2. The topological polar surface area (TPSA) is 111 Å². The highest BCUT2D eigenvalue weighted by Gasteiger charge is 2.47. The predicted octanol–water partition coefficient (Wildman–Crippen LogP) is 6.45. The van der Waals surface area contributed by atoms with Crippen LogP contribution in [-0.2, 0) is 59.0 Å². The van der Waals surface area contributed by atoms with Crippen LogP contribution in [0.5, 0.6) is 0 Å². The minimum absolute atomic E-state index is 0.0405. The lowest BCUT2D eigenvalue weighted by molar-refractivity contribution is -0.177. The zero-order chi connectivity index (χ0) is 40.9. The van der Waals surface area contributed by atoms with Gasteiger partial charge in [0.1, 0.15) is 23.8 Å². The molecule has 306 valence electrons. The summed E-state index contributed by atoms with van der Waals surface area (Å²) in [6.45, 7) is 3.37. The molecule has 58 heavy (non-hydrogen) atoms. The van der Waals surface area contributed by atoms with Gasteiger partial charge in [0.25, 0.3) is 5.56 Å². The van der Waals surface area contributed by atoms with Crippen molar-refractivity contribution in [1.29, 1.82) is 0 Å². The molecule has 1 atom stereocenters. The van der Waals surface area contributed by atoms with Gasteiger partial charge in [0.2, 0.25) is 12.2 Å². The Morgan fingerprint density at radius 3 is 2.33 bits per heavy atom. The van der Waals surface area contributed by atoms with Crippen molar-refractivity contribution >= 4 is 6.41 Å². The van der Waals surface area contributed by atoms with E-state index >= 15 is 4.39 Å². The van der Waals surface area contributed by atoms with Crippen molar-refractivity contribution in [2.45, 2.75) is 76.9 Å². The number of ether oxygens (including phenoxy) is 1. The van der Waals surface area contributed by atoms with Crippen molar-refractivity contribution in [3.8, 4) is 0 Å². The number of amides is 1. The Hall–Kier alpha value is -5.35. The molecular weight excluding hydrogens is 758 g/mol. The van der Waals surface area contributed by atoms with E-state index in [1.165, 1.54) is 26.3 Å². The van der Waals surface area contributed by atoms with Crippen LogP contribution in [0.25, 0.3) is 0 Å². The molecule has 0 bridgehead atoms. The Morgan fingerprint density at radius 1 is 0.931 bits per heavy atom. The Morgan fingerprint density at radius 2 is 1.66 bits per heavy atom.